The molecule has 2 aromatic heterocycles. The second-order valence-corrected chi connectivity index (χ2v) is 7.26. The molecule has 0 spiro atoms. The predicted octanol–water partition coefficient (Wildman–Crippen LogP) is 3.62. The van der Waals surface area contributed by atoms with E-state index >= 15 is 0 Å². The fraction of sp³-hybridized carbons (Fsp3) is 0.217. The molecule has 4 rings (SSSR count). The van der Waals surface area contributed by atoms with Crippen molar-refractivity contribution < 1.29 is 4.79 Å². The maximum Gasteiger partial charge on any atom is 0.352 e. The smallest absolute Gasteiger partial charge is 0.340 e. The van der Waals surface area contributed by atoms with Crippen LogP contribution < -0.4 is 16.3 Å². The third-order valence-corrected chi connectivity index (χ3v) is 4.85. The summed E-state index contributed by atoms with van der Waals surface area (Å²) in [5.74, 6) is 0.455. The number of para-hydroxylation sites is 1. The molecule has 0 saturated carbocycles. The first kappa shape index (κ1) is 20.3. The Morgan fingerprint density at radius 3 is 2.52 bits per heavy atom. The molecular formula is C23H24N6O2. The number of carbonyl (C=O) groups excluding carboxylic acids is 1. The molecule has 158 valence electrons. The van der Waals surface area contributed by atoms with Crippen LogP contribution in [0.5, 0.6) is 0 Å². The van der Waals surface area contributed by atoms with Crippen LogP contribution in [0.3, 0.4) is 0 Å². The molecule has 0 aliphatic rings. The summed E-state index contributed by atoms with van der Waals surface area (Å²) in [6.45, 7) is 1.97. The van der Waals surface area contributed by atoms with Crippen molar-refractivity contribution in [2.45, 2.75) is 32.7 Å². The number of rotatable bonds is 8. The first-order valence-electron chi connectivity index (χ1n) is 10.3. The number of aryl methyl sites for hydroxylation is 1. The molecule has 0 aliphatic heterocycles. The molecule has 1 amide bonds. The number of aromatic nitrogens is 4. The molecular weight excluding hydrogens is 392 g/mol. The first-order valence-corrected chi connectivity index (χ1v) is 10.3. The molecule has 0 saturated heterocycles. The summed E-state index contributed by atoms with van der Waals surface area (Å²) >= 11 is 0. The summed E-state index contributed by atoms with van der Waals surface area (Å²) in [5.41, 5.74) is 2.39. The van der Waals surface area contributed by atoms with Gasteiger partial charge in [0.2, 0.25) is 5.91 Å². The molecule has 2 aromatic carbocycles. The quantitative estimate of drug-likeness (QED) is 0.458. The highest BCUT2D eigenvalue weighted by Crippen LogP contribution is 2.14. The Morgan fingerprint density at radius 2 is 1.77 bits per heavy atom. The minimum absolute atomic E-state index is 0.193. The van der Waals surface area contributed by atoms with Crippen molar-refractivity contribution in [2.75, 3.05) is 10.6 Å². The molecule has 0 atom stereocenters. The zero-order chi connectivity index (χ0) is 21.6. The number of anilines is 3. The number of carbonyl (C=O) groups is 1. The van der Waals surface area contributed by atoms with Crippen molar-refractivity contribution in [1.82, 2.24) is 19.2 Å². The molecule has 2 N–H and O–H groups in total. The zero-order valence-corrected chi connectivity index (χ0v) is 17.3. The first-order chi connectivity index (χ1) is 15.1. The molecule has 8 nitrogen and oxygen atoms in total. The van der Waals surface area contributed by atoms with Gasteiger partial charge in [0.15, 0.2) is 0 Å². The summed E-state index contributed by atoms with van der Waals surface area (Å²) in [4.78, 5) is 29.3. The van der Waals surface area contributed by atoms with E-state index in [9.17, 15) is 9.59 Å². The van der Waals surface area contributed by atoms with Crippen LogP contribution in [0.25, 0.3) is 5.78 Å². The highest BCUT2D eigenvalue weighted by atomic mass is 16.2. The molecule has 8 heteroatoms. The van der Waals surface area contributed by atoms with Crippen molar-refractivity contribution in [1.29, 1.82) is 0 Å². The fourth-order valence-corrected chi connectivity index (χ4v) is 3.22. The highest BCUT2D eigenvalue weighted by Gasteiger charge is 2.12. The van der Waals surface area contributed by atoms with Gasteiger partial charge in [-0.05, 0) is 48.7 Å². The van der Waals surface area contributed by atoms with Crippen LogP contribution in [0.1, 0.15) is 25.3 Å². The Labute approximate surface area is 179 Å². The number of amides is 1. The van der Waals surface area contributed by atoms with Crippen LogP contribution in [0.15, 0.2) is 71.7 Å². The number of unbranched alkanes of at least 4 members (excludes halogenated alkanes) is 1. The minimum atomic E-state index is -0.418. The normalized spacial score (nSPS) is 10.9. The van der Waals surface area contributed by atoms with Crippen molar-refractivity contribution in [3.63, 3.8) is 0 Å². The summed E-state index contributed by atoms with van der Waals surface area (Å²) in [6.07, 6.45) is 4.89. The van der Waals surface area contributed by atoms with Gasteiger partial charge in [0.05, 0.1) is 0 Å². The monoisotopic (exact) mass is 416 g/mol. The van der Waals surface area contributed by atoms with E-state index in [0.29, 0.717) is 11.5 Å². The maximum atomic E-state index is 12.6. The molecule has 4 aromatic rings. The number of hydrogen-bond acceptors (Lipinski definition) is 5. The Balaban J connectivity index is 1.44. The number of hydrogen-bond donors (Lipinski definition) is 2. The Hall–Kier alpha value is -3.94. The van der Waals surface area contributed by atoms with Gasteiger partial charge in [0, 0.05) is 17.6 Å². The zero-order valence-electron chi connectivity index (χ0n) is 17.3. The van der Waals surface area contributed by atoms with Crippen molar-refractivity contribution in [2.24, 2.45) is 0 Å². The van der Waals surface area contributed by atoms with Crippen LogP contribution in [0.4, 0.5) is 17.2 Å². The van der Waals surface area contributed by atoms with Crippen LogP contribution in [0, 0.1) is 0 Å². The van der Waals surface area contributed by atoms with E-state index in [1.54, 1.807) is 12.3 Å². The van der Waals surface area contributed by atoms with E-state index in [1.165, 1.54) is 9.96 Å². The van der Waals surface area contributed by atoms with Crippen LogP contribution in [0.2, 0.25) is 0 Å². The van der Waals surface area contributed by atoms with E-state index < -0.39 is 5.69 Å². The third kappa shape index (κ3) is 4.98. The number of benzene rings is 2. The molecule has 0 aliphatic carbocycles. The number of fused-ring (bicyclic) bond motifs is 1. The van der Waals surface area contributed by atoms with Crippen LogP contribution >= 0.6 is 0 Å². The lowest BCUT2D eigenvalue weighted by Gasteiger charge is -2.06. The van der Waals surface area contributed by atoms with E-state index in [0.717, 1.165) is 29.6 Å². The molecule has 0 bridgehead atoms. The van der Waals surface area contributed by atoms with E-state index in [4.69, 9.17) is 0 Å². The van der Waals surface area contributed by atoms with Gasteiger partial charge in [-0.2, -0.15) is 4.98 Å². The van der Waals surface area contributed by atoms with Gasteiger partial charge in [-0.25, -0.2) is 13.9 Å². The Morgan fingerprint density at radius 1 is 1.00 bits per heavy atom. The van der Waals surface area contributed by atoms with Gasteiger partial charge in [0.1, 0.15) is 12.4 Å². The second kappa shape index (κ2) is 9.25. The van der Waals surface area contributed by atoms with Crippen molar-refractivity contribution >= 4 is 28.9 Å². The van der Waals surface area contributed by atoms with Gasteiger partial charge < -0.3 is 10.6 Å². The molecule has 31 heavy (non-hydrogen) atoms. The number of nitrogens with zero attached hydrogens (tertiary/aromatic N) is 4. The van der Waals surface area contributed by atoms with Gasteiger partial charge >= 0.3 is 5.69 Å². The summed E-state index contributed by atoms with van der Waals surface area (Å²) < 4.78 is 2.42. The minimum Gasteiger partial charge on any atom is -0.340 e. The summed E-state index contributed by atoms with van der Waals surface area (Å²) in [6, 6.07) is 19.0. The van der Waals surface area contributed by atoms with Crippen LogP contribution in [-0.4, -0.2) is 25.1 Å². The fourth-order valence-electron chi connectivity index (χ4n) is 3.22. The molecule has 2 heterocycles. The van der Waals surface area contributed by atoms with Gasteiger partial charge in [0.25, 0.3) is 5.78 Å². The largest absolute Gasteiger partial charge is 0.352 e. The van der Waals surface area contributed by atoms with E-state index in [1.807, 2.05) is 54.6 Å². The van der Waals surface area contributed by atoms with E-state index in [-0.39, 0.29) is 18.2 Å². The maximum absolute atomic E-state index is 12.6. The predicted molar refractivity (Wildman–Crippen MR) is 121 cm³/mol. The Bertz CT molecular complexity index is 1230. The average Bonchev–Trinajstić information content (AvgIpc) is 3.08. The van der Waals surface area contributed by atoms with Crippen molar-refractivity contribution in [3.8, 4) is 0 Å². The van der Waals surface area contributed by atoms with Crippen LogP contribution in [-0.2, 0) is 17.8 Å². The average molecular weight is 416 g/mol. The Kier molecular flexibility index (Phi) is 6.07. The third-order valence-electron chi connectivity index (χ3n) is 4.85. The lowest BCUT2D eigenvalue weighted by Crippen LogP contribution is -2.28. The lowest BCUT2D eigenvalue weighted by molar-refractivity contribution is -0.117. The standard InChI is InChI=1S/C23H24N6O2/c1-2-3-7-17-10-12-19(13-11-17)25-21(30)16-29-23(31)28-15-14-20(26-22(28)27-29)24-18-8-5-4-6-9-18/h4-6,8-15H,2-3,7,16H2,1H3,(H,25,30)(H,24,26,27). The van der Waals surface area contributed by atoms with Gasteiger partial charge in [-0.3, -0.25) is 4.79 Å². The SMILES string of the molecule is CCCCc1ccc(NC(=O)Cn2nc3nc(Nc4ccccc4)ccn3c2=O)cc1. The number of nitrogens with one attached hydrogen (secondary N) is 2. The second-order valence-electron chi connectivity index (χ2n) is 7.26. The summed E-state index contributed by atoms with van der Waals surface area (Å²) in [7, 11) is 0. The molecule has 0 unspecified atom stereocenters. The topological polar surface area (TPSA) is 93.3 Å². The highest BCUT2D eigenvalue weighted by molar-refractivity contribution is 5.90. The lowest BCUT2D eigenvalue weighted by atomic mass is 10.1. The van der Waals surface area contributed by atoms with E-state index in [2.05, 4.69) is 27.6 Å². The van der Waals surface area contributed by atoms with Gasteiger partial charge in [-0.1, -0.05) is 43.7 Å². The van der Waals surface area contributed by atoms with Gasteiger partial charge in [-0.15, -0.1) is 5.10 Å². The molecule has 0 radical (unpaired) electrons. The van der Waals surface area contributed by atoms with Crippen molar-refractivity contribution in [3.05, 3.63) is 82.9 Å². The summed E-state index contributed by atoms with van der Waals surface area (Å²) in [5, 5.41) is 10.2. The molecule has 0 fully saturated rings.